The van der Waals surface area contributed by atoms with Gasteiger partial charge in [0.25, 0.3) is 0 Å². The number of hydrogen-bond acceptors (Lipinski definition) is 6. The third-order valence-electron chi connectivity index (χ3n) is 2.52. The standard InChI is InChI=1S/C12H13N3O3/c1-7-3-4-10(13)9(5-7)12(16)17-6-11-8(2)14-18-15-11/h3-5H,6,13H2,1-2H3. The van der Waals surface area contributed by atoms with Gasteiger partial charge in [-0.1, -0.05) is 21.9 Å². The van der Waals surface area contributed by atoms with E-state index in [1.165, 1.54) is 0 Å². The van der Waals surface area contributed by atoms with Gasteiger partial charge in [0.2, 0.25) is 0 Å². The predicted molar refractivity (Wildman–Crippen MR) is 63.7 cm³/mol. The van der Waals surface area contributed by atoms with Crippen LogP contribution in [0.4, 0.5) is 5.69 Å². The molecule has 2 rings (SSSR count). The molecule has 0 saturated carbocycles. The van der Waals surface area contributed by atoms with Gasteiger partial charge in [0.05, 0.1) is 5.56 Å². The zero-order chi connectivity index (χ0) is 13.1. The maximum absolute atomic E-state index is 11.8. The lowest BCUT2D eigenvalue weighted by Crippen LogP contribution is -2.09. The van der Waals surface area contributed by atoms with Crippen LogP contribution in [0.3, 0.4) is 0 Å². The number of carbonyl (C=O) groups is 1. The molecule has 0 spiro atoms. The summed E-state index contributed by atoms with van der Waals surface area (Å²) in [6.45, 7) is 3.62. The number of nitrogens with zero attached hydrogens (tertiary/aromatic N) is 2. The largest absolute Gasteiger partial charge is 0.455 e. The number of benzene rings is 1. The Morgan fingerprint density at radius 1 is 1.39 bits per heavy atom. The molecule has 0 bridgehead atoms. The molecular weight excluding hydrogens is 234 g/mol. The van der Waals surface area contributed by atoms with Crippen LogP contribution >= 0.6 is 0 Å². The van der Waals surface area contributed by atoms with Gasteiger partial charge in [0.1, 0.15) is 18.0 Å². The SMILES string of the molecule is Cc1ccc(N)c(C(=O)OCc2nonc2C)c1. The Hall–Kier alpha value is -2.37. The molecule has 0 radical (unpaired) electrons. The number of nitrogen functional groups attached to an aromatic ring is 1. The Balaban J connectivity index is 2.08. The summed E-state index contributed by atoms with van der Waals surface area (Å²) in [6, 6.07) is 5.19. The van der Waals surface area contributed by atoms with Crippen LogP contribution in [-0.2, 0) is 11.3 Å². The van der Waals surface area contributed by atoms with Crippen molar-refractivity contribution in [3.05, 3.63) is 40.7 Å². The van der Waals surface area contributed by atoms with E-state index >= 15 is 0 Å². The van der Waals surface area contributed by atoms with E-state index in [0.717, 1.165) is 5.56 Å². The van der Waals surface area contributed by atoms with Gasteiger partial charge in [-0.2, -0.15) is 0 Å². The number of carbonyl (C=O) groups excluding carboxylic acids is 1. The number of hydrogen-bond donors (Lipinski definition) is 1. The lowest BCUT2D eigenvalue weighted by Gasteiger charge is -2.06. The summed E-state index contributed by atoms with van der Waals surface area (Å²) in [5.41, 5.74) is 8.49. The van der Waals surface area contributed by atoms with Crippen molar-refractivity contribution in [1.82, 2.24) is 10.3 Å². The van der Waals surface area contributed by atoms with Crippen LogP contribution < -0.4 is 5.73 Å². The maximum Gasteiger partial charge on any atom is 0.340 e. The second-order valence-electron chi connectivity index (χ2n) is 3.96. The van der Waals surface area contributed by atoms with E-state index in [-0.39, 0.29) is 6.61 Å². The van der Waals surface area contributed by atoms with Crippen molar-refractivity contribution < 1.29 is 14.2 Å². The minimum atomic E-state index is -0.487. The summed E-state index contributed by atoms with van der Waals surface area (Å²) in [7, 11) is 0. The second-order valence-corrected chi connectivity index (χ2v) is 3.96. The van der Waals surface area contributed by atoms with E-state index in [9.17, 15) is 4.79 Å². The fourth-order valence-corrected chi connectivity index (χ4v) is 1.44. The van der Waals surface area contributed by atoms with E-state index in [4.69, 9.17) is 10.5 Å². The lowest BCUT2D eigenvalue weighted by molar-refractivity contribution is 0.0464. The molecule has 0 aliphatic carbocycles. The molecule has 2 aromatic rings. The Morgan fingerprint density at radius 2 is 2.17 bits per heavy atom. The Kier molecular flexibility index (Phi) is 3.27. The Bertz CT molecular complexity index is 578. The molecule has 0 atom stereocenters. The number of nitrogens with two attached hydrogens (primary N) is 1. The Labute approximate surface area is 104 Å². The smallest absolute Gasteiger partial charge is 0.340 e. The number of esters is 1. The average Bonchev–Trinajstić information content (AvgIpc) is 2.75. The molecule has 1 aromatic heterocycles. The van der Waals surface area contributed by atoms with E-state index in [2.05, 4.69) is 14.9 Å². The third-order valence-corrected chi connectivity index (χ3v) is 2.52. The fourth-order valence-electron chi connectivity index (χ4n) is 1.44. The molecule has 1 aromatic carbocycles. The van der Waals surface area contributed by atoms with Crippen molar-refractivity contribution in [2.45, 2.75) is 20.5 Å². The molecule has 0 amide bonds. The quantitative estimate of drug-likeness (QED) is 0.654. The minimum Gasteiger partial charge on any atom is -0.455 e. The van der Waals surface area contributed by atoms with Crippen LogP contribution in [0, 0.1) is 13.8 Å². The highest BCUT2D eigenvalue weighted by Gasteiger charge is 2.13. The first-order valence-corrected chi connectivity index (χ1v) is 5.39. The fraction of sp³-hybridized carbons (Fsp3) is 0.250. The average molecular weight is 247 g/mol. The monoisotopic (exact) mass is 247 g/mol. The molecule has 18 heavy (non-hydrogen) atoms. The Morgan fingerprint density at radius 3 is 2.83 bits per heavy atom. The highest BCUT2D eigenvalue weighted by Crippen LogP contribution is 2.15. The number of aryl methyl sites for hydroxylation is 2. The van der Waals surface area contributed by atoms with Gasteiger partial charge in [-0.15, -0.1) is 0 Å². The lowest BCUT2D eigenvalue weighted by atomic mass is 10.1. The van der Waals surface area contributed by atoms with E-state index in [1.807, 2.05) is 13.0 Å². The van der Waals surface area contributed by atoms with Crippen LogP contribution in [-0.4, -0.2) is 16.3 Å². The summed E-state index contributed by atoms with van der Waals surface area (Å²) in [5.74, 6) is -0.487. The normalized spacial score (nSPS) is 10.3. The topological polar surface area (TPSA) is 91.2 Å². The van der Waals surface area contributed by atoms with Gasteiger partial charge in [0, 0.05) is 5.69 Å². The van der Waals surface area contributed by atoms with Crippen molar-refractivity contribution in [2.75, 3.05) is 5.73 Å². The molecule has 0 fully saturated rings. The van der Waals surface area contributed by atoms with Crippen LogP contribution in [0.25, 0.3) is 0 Å². The highest BCUT2D eigenvalue weighted by molar-refractivity contribution is 5.95. The minimum absolute atomic E-state index is 0.0154. The molecule has 0 saturated heterocycles. The summed E-state index contributed by atoms with van der Waals surface area (Å²) < 4.78 is 9.62. The molecule has 0 aliphatic rings. The van der Waals surface area contributed by atoms with Crippen LogP contribution in [0.15, 0.2) is 22.8 Å². The number of anilines is 1. The zero-order valence-corrected chi connectivity index (χ0v) is 10.1. The first-order valence-electron chi connectivity index (χ1n) is 5.39. The third kappa shape index (κ3) is 2.48. The van der Waals surface area contributed by atoms with Crippen molar-refractivity contribution in [1.29, 1.82) is 0 Å². The second kappa shape index (κ2) is 4.87. The molecular formula is C12H13N3O3. The van der Waals surface area contributed by atoms with Gasteiger partial charge in [-0.25, -0.2) is 9.42 Å². The van der Waals surface area contributed by atoms with Crippen molar-refractivity contribution in [3.63, 3.8) is 0 Å². The van der Waals surface area contributed by atoms with Crippen LogP contribution in [0.5, 0.6) is 0 Å². The van der Waals surface area contributed by atoms with Gasteiger partial charge >= 0.3 is 5.97 Å². The van der Waals surface area contributed by atoms with Crippen molar-refractivity contribution in [2.24, 2.45) is 0 Å². The zero-order valence-electron chi connectivity index (χ0n) is 10.1. The van der Waals surface area contributed by atoms with Gasteiger partial charge in [0.15, 0.2) is 0 Å². The van der Waals surface area contributed by atoms with E-state index in [0.29, 0.717) is 22.6 Å². The van der Waals surface area contributed by atoms with Crippen LogP contribution in [0.1, 0.15) is 27.3 Å². The molecule has 0 unspecified atom stereocenters. The summed E-state index contributed by atoms with van der Waals surface area (Å²) in [5, 5.41) is 7.22. The molecule has 1 heterocycles. The van der Waals surface area contributed by atoms with Gasteiger partial charge in [-0.05, 0) is 26.0 Å². The highest BCUT2D eigenvalue weighted by atomic mass is 16.6. The van der Waals surface area contributed by atoms with Gasteiger partial charge < -0.3 is 10.5 Å². The van der Waals surface area contributed by atoms with Crippen LogP contribution in [0.2, 0.25) is 0 Å². The van der Waals surface area contributed by atoms with Gasteiger partial charge in [-0.3, -0.25) is 0 Å². The molecule has 2 N–H and O–H groups in total. The van der Waals surface area contributed by atoms with Crippen molar-refractivity contribution in [3.8, 4) is 0 Å². The summed E-state index contributed by atoms with van der Waals surface area (Å²) in [4.78, 5) is 11.8. The molecule has 6 heteroatoms. The van der Waals surface area contributed by atoms with E-state index in [1.54, 1.807) is 19.1 Å². The van der Waals surface area contributed by atoms with E-state index < -0.39 is 5.97 Å². The first kappa shape index (κ1) is 12.1. The number of rotatable bonds is 3. The predicted octanol–water partition coefficient (Wildman–Crippen LogP) is 1.63. The molecule has 94 valence electrons. The number of aromatic nitrogens is 2. The first-order chi connectivity index (χ1) is 8.58. The van der Waals surface area contributed by atoms with Crippen molar-refractivity contribution >= 4 is 11.7 Å². The maximum atomic E-state index is 11.8. The number of ether oxygens (including phenoxy) is 1. The summed E-state index contributed by atoms with van der Waals surface area (Å²) >= 11 is 0. The summed E-state index contributed by atoms with van der Waals surface area (Å²) in [6.07, 6.45) is 0. The molecule has 6 nitrogen and oxygen atoms in total. The molecule has 0 aliphatic heterocycles.